The molecule has 0 unspecified atom stereocenters. The van der Waals surface area contributed by atoms with Crippen LogP contribution in [0.5, 0.6) is 0 Å². The van der Waals surface area contributed by atoms with E-state index in [0.717, 1.165) is 12.0 Å². The van der Waals surface area contributed by atoms with Crippen molar-refractivity contribution in [3.8, 4) is 5.69 Å². The summed E-state index contributed by atoms with van der Waals surface area (Å²) in [5, 5.41) is 16.6. The van der Waals surface area contributed by atoms with Crippen molar-refractivity contribution < 1.29 is 19.4 Å². The number of hydrogen-bond donors (Lipinski definition) is 2. The van der Waals surface area contributed by atoms with Crippen molar-refractivity contribution >= 4 is 29.7 Å². The molecule has 2 aromatic carbocycles. The Balaban J connectivity index is 1.95. The number of carbonyl (C=O) groups is 2. The SMILES string of the molecule is CCOC(=O)Nc1ccc(-n2[nH]c(CC(=O)[O-])c(C=Nc3ccccc3CC)c2=O)cc1. The first-order valence-electron chi connectivity index (χ1n) is 10.1. The summed E-state index contributed by atoms with van der Waals surface area (Å²) in [6.45, 7) is 3.95. The Kier molecular flexibility index (Phi) is 7.22. The number of hydrogen-bond acceptors (Lipinski definition) is 6. The molecule has 0 spiro atoms. The number of nitrogens with zero attached hydrogens (tertiary/aromatic N) is 2. The minimum atomic E-state index is -1.32. The van der Waals surface area contributed by atoms with Crippen LogP contribution in [-0.4, -0.2) is 34.7 Å². The van der Waals surface area contributed by atoms with Crippen molar-refractivity contribution in [2.75, 3.05) is 11.9 Å². The number of anilines is 1. The van der Waals surface area contributed by atoms with Gasteiger partial charge >= 0.3 is 6.09 Å². The number of benzene rings is 2. The molecule has 9 nitrogen and oxygen atoms in total. The van der Waals surface area contributed by atoms with E-state index in [1.807, 2.05) is 31.2 Å². The zero-order valence-electron chi connectivity index (χ0n) is 17.8. The third-order valence-electron chi connectivity index (χ3n) is 4.68. The van der Waals surface area contributed by atoms with E-state index in [9.17, 15) is 19.5 Å². The standard InChI is InChI=1S/C23H24N4O5/c1-3-15-7-5-6-8-19(15)24-14-18-20(13-21(28)29)26-27(22(18)30)17-11-9-16(10-12-17)25-23(31)32-4-2/h5-12,14,26H,3-4,13H2,1-2H3,(H,25,31)(H,28,29)/p-1. The van der Waals surface area contributed by atoms with E-state index in [2.05, 4.69) is 15.4 Å². The van der Waals surface area contributed by atoms with Gasteiger partial charge in [0.2, 0.25) is 0 Å². The lowest BCUT2D eigenvalue weighted by Crippen LogP contribution is -2.25. The molecule has 0 saturated carbocycles. The van der Waals surface area contributed by atoms with E-state index in [1.54, 1.807) is 31.2 Å². The van der Waals surface area contributed by atoms with Crippen LogP contribution in [0.15, 0.2) is 58.3 Å². The van der Waals surface area contributed by atoms with Gasteiger partial charge in [-0.15, -0.1) is 0 Å². The number of carboxylic acids is 1. The lowest BCUT2D eigenvalue weighted by molar-refractivity contribution is -0.304. The molecule has 2 N–H and O–H groups in total. The maximum atomic E-state index is 13.0. The van der Waals surface area contributed by atoms with Crippen LogP contribution in [0.3, 0.4) is 0 Å². The molecule has 0 atom stereocenters. The number of ether oxygens (including phenoxy) is 1. The highest BCUT2D eigenvalue weighted by atomic mass is 16.5. The molecule has 3 rings (SSSR count). The quantitative estimate of drug-likeness (QED) is 0.525. The van der Waals surface area contributed by atoms with Crippen molar-refractivity contribution in [2.45, 2.75) is 26.7 Å². The van der Waals surface area contributed by atoms with Gasteiger partial charge in [0, 0.05) is 24.3 Å². The van der Waals surface area contributed by atoms with Crippen LogP contribution in [0.1, 0.15) is 30.7 Å². The van der Waals surface area contributed by atoms with E-state index in [4.69, 9.17) is 4.74 Å². The predicted octanol–water partition coefficient (Wildman–Crippen LogP) is 2.34. The van der Waals surface area contributed by atoms with Crippen molar-refractivity contribution in [1.82, 2.24) is 9.78 Å². The average Bonchev–Trinajstić information content (AvgIpc) is 3.07. The summed E-state index contributed by atoms with van der Waals surface area (Å²) < 4.78 is 6.05. The summed E-state index contributed by atoms with van der Waals surface area (Å²) in [6.07, 6.45) is 1.09. The Morgan fingerprint density at radius 3 is 2.53 bits per heavy atom. The zero-order valence-corrected chi connectivity index (χ0v) is 17.8. The van der Waals surface area contributed by atoms with Crippen LogP contribution in [0.4, 0.5) is 16.2 Å². The lowest BCUT2D eigenvalue weighted by atomic mass is 10.1. The number of para-hydroxylation sites is 1. The molecule has 0 radical (unpaired) electrons. The number of aryl methyl sites for hydroxylation is 1. The normalized spacial score (nSPS) is 10.9. The number of aromatic nitrogens is 2. The minimum absolute atomic E-state index is 0.133. The smallest absolute Gasteiger partial charge is 0.411 e. The number of aliphatic imine (C=N–C) groups is 1. The summed E-state index contributed by atoms with van der Waals surface area (Å²) in [7, 11) is 0. The molecule has 3 aromatic rings. The van der Waals surface area contributed by atoms with Crippen LogP contribution >= 0.6 is 0 Å². The molecule has 166 valence electrons. The Hall–Kier alpha value is -4.14. The number of nitrogens with one attached hydrogen (secondary N) is 2. The van der Waals surface area contributed by atoms with Gasteiger partial charge in [0.25, 0.3) is 5.56 Å². The van der Waals surface area contributed by atoms with E-state index < -0.39 is 24.0 Å². The molecule has 0 aliphatic heterocycles. The average molecular weight is 435 g/mol. The van der Waals surface area contributed by atoms with Gasteiger partial charge in [-0.05, 0) is 49.2 Å². The molecular weight excluding hydrogens is 412 g/mol. The van der Waals surface area contributed by atoms with Crippen LogP contribution in [0.25, 0.3) is 5.69 Å². The van der Waals surface area contributed by atoms with Gasteiger partial charge in [-0.1, -0.05) is 25.1 Å². The topological polar surface area (TPSA) is 129 Å². The van der Waals surface area contributed by atoms with Gasteiger partial charge in [-0.25, -0.2) is 9.48 Å². The van der Waals surface area contributed by atoms with Gasteiger partial charge in [0.05, 0.1) is 29.2 Å². The van der Waals surface area contributed by atoms with Crippen molar-refractivity contribution in [1.29, 1.82) is 0 Å². The summed E-state index contributed by atoms with van der Waals surface area (Å²) in [5.41, 5.74) is 2.51. The number of carbonyl (C=O) groups excluding carboxylic acids is 2. The maximum absolute atomic E-state index is 13.0. The van der Waals surface area contributed by atoms with Crippen molar-refractivity contribution in [3.63, 3.8) is 0 Å². The number of carboxylic acid groups (broad SMARTS) is 1. The van der Waals surface area contributed by atoms with E-state index >= 15 is 0 Å². The lowest BCUT2D eigenvalue weighted by Gasteiger charge is -2.07. The highest BCUT2D eigenvalue weighted by Crippen LogP contribution is 2.19. The molecule has 1 heterocycles. The highest BCUT2D eigenvalue weighted by Gasteiger charge is 2.14. The van der Waals surface area contributed by atoms with Crippen LogP contribution in [0.2, 0.25) is 0 Å². The minimum Gasteiger partial charge on any atom is -0.550 e. The number of aliphatic carboxylic acids is 1. The van der Waals surface area contributed by atoms with Gasteiger partial charge in [-0.2, -0.15) is 0 Å². The van der Waals surface area contributed by atoms with E-state index in [-0.39, 0.29) is 17.9 Å². The Bertz CT molecular complexity index is 1190. The summed E-state index contributed by atoms with van der Waals surface area (Å²) in [5.74, 6) is -1.32. The van der Waals surface area contributed by atoms with Crippen molar-refractivity contribution in [2.24, 2.45) is 4.99 Å². The molecule has 0 bridgehead atoms. The largest absolute Gasteiger partial charge is 0.550 e. The molecule has 1 aromatic heterocycles. The van der Waals surface area contributed by atoms with Gasteiger partial charge in [-0.3, -0.25) is 20.2 Å². The zero-order chi connectivity index (χ0) is 23.1. The fourth-order valence-electron chi connectivity index (χ4n) is 3.14. The van der Waals surface area contributed by atoms with Gasteiger partial charge in [0.1, 0.15) is 0 Å². The van der Waals surface area contributed by atoms with Crippen LogP contribution < -0.4 is 16.0 Å². The second-order valence-electron chi connectivity index (χ2n) is 6.83. The van der Waals surface area contributed by atoms with Gasteiger partial charge in [0.15, 0.2) is 0 Å². The maximum Gasteiger partial charge on any atom is 0.411 e. The molecular formula is C23H23N4O5-. The molecule has 32 heavy (non-hydrogen) atoms. The van der Waals surface area contributed by atoms with Crippen molar-refractivity contribution in [3.05, 3.63) is 75.7 Å². The van der Waals surface area contributed by atoms with Gasteiger partial charge < -0.3 is 14.6 Å². The molecule has 1 amide bonds. The molecule has 0 aliphatic rings. The summed E-state index contributed by atoms with van der Waals surface area (Å²) in [4.78, 5) is 40.2. The summed E-state index contributed by atoms with van der Waals surface area (Å²) >= 11 is 0. The third kappa shape index (κ3) is 5.31. The molecule has 9 heteroatoms. The number of rotatable bonds is 8. The Morgan fingerprint density at radius 2 is 1.88 bits per heavy atom. The van der Waals surface area contributed by atoms with E-state index in [0.29, 0.717) is 17.1 Å². The second kappa shape index (κ2) is 10.3. The fourth-order valence-corrected chi connectivity index (χ4v) is 3.14. The molecule has 0 aliphatic carbocycles. The predicted molar refractivity (Wildman–Crippen MR) is 119 cm³/mol. The number of aromatic amines is 1. The first kappa shape index (κ1) is 22.5. The molecule has 0 saturated heterocycles. The van der Waals surface area contributed by atoms with E-state index in [1.165, 1.54) is 10.9 Å². The fraction of sp³-hybridized carbons (Fsp3) is 0.217. The first-order chi connectivity index (χ1) is 15.4. The number of amides is 1. The highest BCUT2D eigenvalue weighted by molar-refractivity contribution is 5.86. The Morgan fingerprint density at radius 1 is 1.16 bits per heavy atom. The first-order valence-corrected chi connectivity index (χ1v) is 10.1. The number of H-pyrrole nitrogens is 1. The van der Waals surface area contributed by atoms with Crippen LogP contribution in [-0.2, 0) is 22.4 Å². The van der Waals surface area contributed by atoms with Crippen LogP contribution in [0, 0.1) is 0 Å². The molecule has 0 fully saturated rings. The second-order valence-corrected chi connectivity index (χ2v) is 6.83. The monoisotopic (exact) mass is 435 g/mol. The summed E-state index contributed by atoms with van der Waals surface area (Å²) in [6, 6.07) is 13.9. The Labute approximate surface area is 184 Å². The third-order valence-corrected chi connectivity index (χ3v) is 4.68.